The molecule has 0 N–H and O–H groups in total. The summed E-state index contributed by atoms with van der Waals surface area (Å²) in [4.78, 5) is 23.3. The molecule has 0 unspecified atom stereocenters. The highest BCUT2D eigenvalue weighted by Crippen LogP contribution is 2.12. The second-order valence-corrected chi connectivity index (χ2v) is 4.45. The Morgan fingerprint density at radius 1 is 1.35 bits per heavy atom. The number of hydrogen-bond acceptors (Lipinski definition) is 6. The Labute approximate surface area is 132 Å². The fourth-order valence-corrected chi connectivity index (χ4v) is 1.72. The number of nitriles is 1. The van der Waals surface area contributed by atoms with Gasteiger partial charge in [0.25, 0.3) is 0 Å². The van der Waals surface area contributed by atoms with Crippen molar-refractivity contribution in [1.29, 1.82) is 5.26 Å². The van der Waals surface area contributed by atoms with Crippen molar-refractivity contribution in [3.8, 4) is 11.8 Å². The number of methoxy groups -OCH3 is 1. The van der Waals surface area contributed by atoms with E-state index in [1.807, 2.05) is 30.3 Å². The lowest BCUT2D eigenvalue weighted by Crippen LogP contribution is -2.07. The van der Waals surface area contributed by atoms with Crippen LogP contribution in [-0.4, -0.2) is 13.1 Å². The maximum absolute atomic E-state index is 12.0. The first-order valence-corrected chi connectivity index (χ1v) is 6.63. The third-order valence-corrected chi connectivity index (χ3v) is 2.87. The van der Waals surface area contributed by atoms with Crippen molar-refractivity contribution in [3.05, 3.63) is 69.8 Å². The minimum atomic E-state index is -0.806. The van der Waals surface area contributed by atoms with E-state index in [4.69, 9.17) is 14.4 Å². The highest BCUT2D eigenvalue weighted by molar-refractivity contribution is 5.97. The number of benzene rings is 1. The van der Waals surface area contributed by atoms with Gasteiger partial charge in [0.05, 0.1) is 7.11 Å². The molecule has 0 saturated carbocycles. The van der Waals surface area contributed by atoms with Crippen LogP contribution in [0.3, 0.4) is 0 Å². The number of hydrogen-bond donors (Lipinski definition) is 0. The normalized spacial score (nSPS) is 10.7. The fourth-order valence-electron chi connectivity index (χ4n) is 1.72. The molecule has 23 heavy (non-hydrogen) atoms. The average Bonchev–Trinajstić information content (AvgIpc) is 2.59. The summed E-state index contributed by atoms with van der Waals surface area (Å²) in [5.41, 5.74) is 0.225. The molecule has 0 aliphatic carbocycles. The Balaban J connectivity index is 2.15. The summed E-state index contributed by atoms with van der Waals surface area (Å²) >= 11 is 0. The first kappa shape index (κ1) is 16.0. The van der Waals surface area contributed by atoms with Gasteiger partial charge in [-0.2, -0.15) is 5.26 Å². The number of rotatable bonds is 5. The molecule has 0 bridgehead atoms. The fraction of sp³-hybridized carbons (Fsp3) is 0.118. The lowest BCUT2D eigenvalue weighted by molar-refractivity contribution is -0.135. The predicted octanol–water partition coefficient (Wildman–Crippen LogP) is 2.30. The summed E-state index contributed by atoms with van der Waals surface area (Å²) < 4.78 is 15.0. The smallest absolute Gasteiger partial charge is 0.348 e. The molecule has 116 valence electrons. The van der Waals surface area contributed by atoms with E-state index in [2.05, 4.69) is 4.74 Å². The summed E-state index contributed by atoms with van der Waals surface area (Å²) in [6.45, 7) is 0.229. The van der Waals surface area contributed by atoms with Crippen LogP contribution in [0.1, 0.15) is 11.3 Å². The maximum Gasteiger partial charge on any atom is 0.348 e. The summed E-state index contributed by atoms with van der Waals surface area (Å²) in [7, 11) is 1.16. The zero-order valence-corrected chi connectivity index (χ0v) is 12.3. The highest BCUT2D eigenvalue weighted by Gasteiger charge is 2.11. The summed E-state index contributed by atoms with van der Waals surface area (Å²) in [6.07, 6.45) is 2.28. The topological polar surface area (TPSA) is 89.5 Å². The molecule has 2 rings (SSSR count). The Hall–Kier alpha value is -3.33. The molecule has 0 amide bonds. The third kappa shape index (κ3) is 4.32. The minimum absolute atomic E-state index is 0.0441. The monoisotopic (exact) mass is 311 g/mol. The van der Waals surface area contributed by atoms with Crippen molar-refractivity contribution in [2.45, 2.75) is 6.61 Å². The van der Waals surface area contributed by atoms with Crippen molar-refractivity contribution >= 4 is 12.0 Å². The summed E-state index contributed by atoms with van der Waals surface area (Å²) in [6, 6.07) is 12.2. The van der Waals surface area contributed by atoms with Crippen molar-refractivity contribution in [3.63, 3.8) is 0 Å². The summed E-state index contributed by atoms with van der Waals surface area (Å²) in [5, 5.41) is 8.86. The molecule has 0 spiro atoms. The average molecular weight is 311 g/mol. The second-order valence-electron chi connectivity index (χ2n) is 4.45. The van der Waals surface area contributed by atoms with Gasteiger partial charge in [-0.05, 0) is 5.56 Å². The van der Waals surface area contributed by atoms with Crippen LogP contribution < -0.4 is 10.2 Å². The van der Waals surface area contributed by atoms with Crippen LogP contribution in [0, 0.1) is 11.3 Å². The van der Waals surface area contributed by atoms with Gasteiger partial charge >= 0.3 is 5.97 Å². The van der Waals surface area contributed by atoms with Gasteiger partial charge in [-0.15, -0.1) is 0 Å². The van der Waals surface area contributed by atoms with Crippen molar-refractivity contribution in [2.24, 2.45) is 0 Å². The maximum atomic E-state index is 12.0. The molecule has 2 aromatic rings. The van der Waals surface area contributed by atoms with Gasteiger partial charge < -0.3 is 13.9 Å². The third-order valence-electron chi connectivity index (χ3n) is 2.87. The van der Waals surface area contributed by atoms with Crippen LogP contribution in [0.15, 0.2) is 57.4 Å². The highest BCUT2D eigenvalue weighted by atomic mass is 16.5. The minimum Gasteiger partial charge on any atom is -0.482 e. The largest absolute Gasteiger partial charge is 0.482 e. The molecule has 6 nitrogen and oxygen atoms in total. The van der Waals surface area contributed by atoms with Crippen molar-refractivity contribution in [1.82, 2.24) is 0 Å². The van der Waals surface area contributed by atoms with Crippen LogP contribution in [0.2, 0.25) is 0 Å². The SMILES string of the molecule is COC(=O)/C(C#N)=C/c1cc(=O)c(OCc2ccccc2)co1. The van der Waals surface area contributed by atoms with Gasteiger partial charge in [-0.25, -0.2) is 4.79 Å². The predicted molar refractivity (Wildman–Crippen MR) is 81.4 cm³/mol. The molecule has 0 radical (unpaired) electrons. The number of carbonyl (C=O) groups is 1. The number of ether oxygens (including phenoxy) is 2. The van der Waals surface area contributed by atoms with Crippen LogP contribution in [0.25, 0.3) is 6.08 Å². The van der Waals surface area contributed by atoms with Crippen LogP contribution in [-0.2, 0) is 16.1 Å². The van der Waals surface area contributed by atoms with Gasteiger partial charge in [0.15, 0.2) is 0 Å². The van der Waals surface area contributed by atoms with Crippen molar-refractivity contribution in [2.75, 3.05) is 7.11 Å². The zero-order chi connectivity index (χ0) is 16.7. The second kappa shape index (κ2) is 7.61. The van der Waals surface area contributed by atoms with Gasteiger partial charge in [-0.1, -0.05) is 30.3 Å². The molecule has 1 aromatic carbocycles. The van der Waals surface area contributed by atoms with E-state index in [1.54, 1.807) is 6.07 Å². The number of carbonyl (C=O) groups excluding carboxylic acids is 1. The van der Waals surface area contributed by atoms with E-state index in [0.29, 0.717) is 0 Å². The van der Waals surface area contributed by atoms with Gasteiger partial charge in [0.2, 0.25) is 11.2 Å². The Bertz CT molecular complexity index is 815. The Morgan fingerprint density at radius 2 is 2.09 bits per heavy atom. The molecule has 0 saturated heterocycles. The van der Waals surface area contributed by atoms with Gasteiger partial charge in [0, 0.05) is 12.1 Å². The molecule has 0 atom stereocenters. The molecule has 1 heterocycles. The lowest BCUT2D eigenvalue weighted by atomic mass is 10.2. The van der Waals surface area contributed by atoms with Gasteiger partial charge in [0.1, 0.15) is 30.3 Å². The number of esters is 1. The van der Waals surface area contributed by atoms with E-state index in [-0.39, 0.29) is 23.7 Å². The van der Waals surface area contributed by atoms with Gasteiger partial charge in [-0.3, -0.25) is 4.79 Å². The van der Waals surface area contributed by atoms with E-state index < -0.39 is 11.4 Å². The Morgan fingerprint density at radius 3 is 2.70 bits per heavy atom. The first-order valence-electron chi connectivity index (χ1n) is 6.63. The molecular weight excluding hydrogens is 298 g/mol. The molecule has 0 fully saturated rings. The van der Waals surface area contributed by atoms with E-state index in [1.165, 1.54) is 0 Å². The van der Waals surface area contributed by atoms with Crippen LogP contribution in [0.5, 0.6) is 5.75 Å². The van der Waals surface area contributed by atoms with E-state index in [9.17, 15) is 9.59 Å². The van der Waals surface area contributed by atoms with Crippen LogP contribution >= 0.6 is 0 Å². The zero-order valence-electron chi connectivity index (χ0n) is 12.3. The molecule has 0 aliphatic heterocycles. The van der Waals surface area contributed by atoms with E-state index >= 15 is 0 Å². The standard InChI is InChI=1S/C17H13NO5/c1-21-17(20)13(9-18)7-14-8-15(19)16(11-22-14)23-10-12-5-3-2-4-6-12/h2-8,11H,10H2,1H3/b13-7+. The van der Waals surface area contributed by atoms with Crippen LogP contribution in [0.4, 0.5) is 0 Å². The molecule has 6 heteroatoms. The molecule has 0 aliphatic rings. The first-order chi connectivity index (χ1) is 11.1. The quantitative estimate of drug-likeness (QED) is 0.478. The van der Waals surface area contributed by atoms with E-state index in [0.717, 1.165) is 31.1 Å². The Kier molecular flexibility index (Phi) is 5.31. The number of nitrogens with zero attached hydrogens (tertiary/aromatic N) is 1. The molecular formula is C17H13NO5. The van der Waals surface area contributed by atoms with Crippen molar-refractivity contribution < 1.29 is 18.7 Å². The molecule has 1 aromatic heterocycles. The summed E-state index contributed by atoms with van der Waals surface area (Å²) in [5.74, 6) is -0.703. The lowest BCUT2D eigenvalue weighted by Gasteiger charge is -2.05.